The molecule has 1 aliphatic rings. The van der Waals surface area contributed by atoms with Gasteiger partial charge in [-0.15, -0.1) is 0 Å². The highest BCUT2D eigenvalue weighted by Crippen LogP contribution is 2.25. The van der Waals surface area contributed by atoms with Crippen LogP contribution in [0, 0.1) is 5.82 Å². The molecule has 25 heavy (non-hydrogen) atoms. The van der Waals surface area contributed by atoms with Crippen LogP contribution in [0.4, 0.5) is 16.2 Å². The van der Waals surface area contributed by atoms with Crippen molar-refractivity contribution >= 4 is 22.8 Å². The summed E-state index contributed by atoms with van der Waals surface area (Å²) >= 11 is 0. The average Bonchev–Trinajstić information content (AvgIpc) is 2.63. The molecule has 0 aliphatic carbocycles. The molecule has 7 heteroatoms. The van der Waals surface area contributed by atoms with Gasteiger partial charge in [-0.05, 0) is 62.3 Å². The Morgan fingerprint density at radius 2 is 1.76 bits per heavy atom. The second kappa shape index (κ2) is 6.60. The second-order valence-electron chi connectivity index (χ2n) is 6.17. The number of fused-ring (bicyclic) bond motifs is 1. The fourth-order valence-corrected chi connectivity index (χ4v) is 3.07. The predicted octanol–water partition coefficient (Wildman–Crippen LogP) is 2.58. The Hall–Kier alpha value is -2.80. The van der Waals surface area contributed by atoms with Gasteiger partial charge in [-0.2, -0.15) is 4.98 Å². The van der Waals surface area contributed by atoms with Gasteiger partial charge in [0.05, 0.1) is 11.2 Å². The molecule has 128 valence electrons. The first-order chi connectivity index (χ1) is 12.2. The summed E-state index contributed by atoms with van der Waals surface area (Å²) in [6.45, 7) is 1.95. The Bertz CT molecular complexity index is 890. The second-order valence-corrected chi connectivity index (χ2v) is 6.17. The first kappa shape index (κ1) is 15.7. The molecular formula is C18H19FN6. The molecule has 0 saturated carbocycles. The third kappa shape index (κ3) is 3.36. The van der Waals surface area contributed by atoms with Gasteiger partial charge in [0.15, 0.2) is 5.82 Å². The van der Waals surface area contributed by atoms with Crippen molar-refractivity contribution in [2.75, 3.05) is 24.1 Å². The molecular weight excluding hydrogens is 319 g/mol. The molecule has 3 heterocycles. The molecule has 4 rings (SSSR count). The summed E-state index contributed by atoms with van der Waals surface area (Å²) in [6, 6.07) is 10.3. The predicted molar refractivity (Wildman–Crippen MR) is 96.7 cm³/mol. The summed E-state index contributed by atoms with van der Waals surface area (Å²) in [4.78, 5) is 13.3. The molecule has 6 nitrogen and oxygen atoms in total. The van der Waals surface area contributed by atoms with Gasteiger partial charge in [-0.3, -0.25) is 0 Å². The van der Waals surface area contributed by atoms with Crippen molar-refractivity contribution < 1.29 is 4.39 Å². The Kier molecular flexibility index (Phi) is 4.15. The topological polar surface area (TPSA) is 88.8 Å². The van der Waals surface area contributed by atoms with E-state index in [0.29, 0.717) is 22.9 Å². The van der Waals surface area contributed by atoms with Gasteiger partial charge in [0.1, 0.15) is 11.3 Å². The lowest BCUT2D eigenvalue weighted by atomic mass is 10.1. The largest absolute Gasteiger partial charge is 0.368 e. The van der Waals surface area contributed by atoms with Crippen LogP contribution in [0.5, 0.6) is 0 Å². The first-order valence-electron chi connectivity index (χ1n) is 8.36. The molecule has 1 fully saturated rings. The maximum absolute atomic E-state index is 13.2. The fraction of sp³-hybridized carbons (Fsp3) is 0.278. The van der Waals surface area contributed by atoms with Gasteiger partial charge in [-0.25, -0.2) is 14.4 Å². The zero-order valence-electron chi connectivity index (χ0n) is 13.7. The number of nitrogen functional groups attached to an aromatic ring is 1. The van der Waals surface area contributed by atoms with E-state index in [-0.39, 0.29) is 11.8 Å². The number of anilines is 2. The van der Waals surface area contributed by atoms with E-state index in [1.807, 2.05) is 12.1 Å². The number of rotatable bonds is 3. The third-order valence-corrected chi connectivity index (χ3v) is 4.38. The Morgan fingerprint density at radius 1 is 1.00 bits per heavy atom. The van der Waals surface area contributed by atoms with Crippen molar-refractivity contribution in [3.63, 3.8) is 0 Å². The molecule has 1 aliphatic heterocycles. The molecule has 1 saturated heterocycles. The quantitative estimate of drug-likeness (QED) is 0.680. The average molecular weight is 338 g/mol. The van der Waals surface area contributed by atoms with Crippen LogP contribution in [0.1, 0.15) is 12.8 Å². The van der Waals surface area contributed by atoms with Crippen LogP contribution in [0.25, 0.3) is 22.3 Å². The van der Waals surface area contributed by atoms with Crippen LogP contribution in [-0.4, -0.2) is 34.1 Å². The fourth-order valence-electron chi connectivity index (χ4n) is 3.07. The summed E-state index contributed by atoms with van der Waals surface area (Å²) in [5.74, 6) is 0.604. The van der Waals surface area contributed by atoms with Crippen LogP contribution in [0.2, 0.25) is 0 Å². The molecule has 2 aromatic heterocycles. The van der Waals surface area contributed by atoms with E-state index in [0.717, 1.165) is 37.2 Å². The van der Waals surface area contributed by atoms with Crippen molar-refractivity contribution in [2.45, 2.75) is 18.9 Å². The SMILES string of the molecule is Nc1nc(NC2CCNCC2)c2nc(-c3ccc(F)cc3)ccc2n1. The molecule has 0 spiro atoms. The van der Waals surface area contributed by atoms with E-state index in [1.54, 1.807) is 12.1 Å². The van der Waals surface area contributed by atoms with Crippen molar-refractivity contribution in [3.05, 3.63) is 42.2 Å². The number of halogens is 1. The smallest absolute Gasteiger partial charge is 0.222 e. The van der Waals surface area contributed by atoms with E-state index in [4.69, 9.17) is 10.7 Å². The number of piperidine rings is 1. The molecule has 3 aromatic rings. The van der Waals surface area contributed by atoms with Gasteiger partial charge >= 0.3 is 0 Å². The number of nitrogens with one attached hydrogen (secondary N) is 2. The summed E-state index contributed by atoms with van der Waals surface area (Å²) in [6.07, 6.45) is 2.03. The van der Waals surface area contributed by atoms with E-state index in [2.05, 4.69) is 20.6 Å². The number of pyridine rings is 1. The molecule has 0 unspecified atom stereocenters. The van der Waals surface area contributed by atoms with Gasteiger partial charge in [0.2, 0.25) is 5.95 Å². The minimum absolute atomic E-state index is 0.222. The summed E-state index contributed by atoms with van der Waals surface area (Å²) in [7, 11) is 0. The van der Waals surface area contributed by atoms with Crippen LogP contribution >= 0.6 is 0 Å². The maximum atomic E-state index is 13.2. The zero-order valence-corrected chi connectivity index (χ0v) is 13.7. The lowest BCUT2D eigenvalue weighted by Gasteiger charge is -2.24. The summed E-state index contributed by atoms with van der Waals surface area (Å²) < 4.78 is 13.2. The number of benzene rings is 1. The van der Waals surface area contributed by atoms with Gasteiger partial charge < -0.3 is 16.4 Å². The highest BCUT2D eigenvalue weighted by atomic mass is 19.1. The number of hydrogen-bond acceptors (Lipinski definition) is 6. The van der Waals surface area contributed by atoms with Crippen molar-refractivity contribution in [1.82, 2.24) is 20.3 Å². The van der Waals surface area contributed by atoms with Crippen LogP contribution in [0.15, 0.2) is 36.4 Å². The van der Waals surface area contributed by atoms with Gasteiger partial charge in [0.25, 0.3) is 0 Å². The lowest BCUT2D eigenvalue weighted by molar-refractivity contribution is 0.478. The van der Waals surface area contributed by atoms with E-state index < -0.39 is 0 Å². The van der Waals surface area contributed by atoms with Crippen molar-refractivity contribution in [3.8, 4) is 11.3 Å². The van der Waals surface area contributed by atoms with Crippen LogP contribution in [0.3, 0.4) is 0 Å². The first-order valence-corrected chi connectivity index (χ1v) is 8.36. The molecule has 0 amide bonds. The Morgan fingerprint density at radius 3 is 2.52 bits per heavy atom. The highest BCUT2D eigenvalue weighted by molar-refractivity contribution is 5.88. The van der Waals surface area contributed by atoms with Gasteiger partial charge in [0, 0.05) is 11.6 Å². The van der Waals surface area contributed by atoms with Crippen molar-refractivity contribution in [2.24, 2.45) is 0 Å². The minimum Gasteiger partial charge on any atom is -0.368 e. The van der Waals surface area contributed by atoms with Crippen molar-refractivity contribution in [1.29, 1.82) is 0 Å². The normalized spacial score (nSPS) is 15.4. The lowest BCUT2D eigenvalue weighted by Crippen LogP contribution is -2.35. The highest BCUT2D eigenvalue weighted by Gasteiger charge is 2.16. The molecule has 0 bridgehead atoms. The maximum Gasteiger partial charge on any atom is 0.222 e. The standard InChI is InChI=1S/C18H19FN6/c19-12-3-1-11(2-4-12)14-5-6-15-16(23-14)17(25-18(20)24-15)22-13-7-9-21-10-8-13/h1-6,13,21H,7-10H2,(H3,20,22,24,25). The zero-order chi connectivity index (χ0) is 17.2. The monoisotopic (exact) mass is 338 g/mol. The molecule has 0 atom stereocenters. The Balaban J connectivity index is 1.75. The van der Waals surface area contributed by atoms with E-state index >= 15 is 0 Å². The number of nitrogens with two attached hydrogens (primary N) is 1. The summed E-state index contributed by atoms with van der Waals surface area (Å²) in [5, 5.41) is 6.80. The number of hydrogen-bond donors (Lipinski definition) is 3. The van der Waals surface area contributed by atoms with Crippen LogP contribution in [-0.2, 0) is 0 Å². The Labute approximate surface area is 144 Å². The minimum atomic E-state index is -0.270. The van der Waals surface area contributed by atoms with E-state index in [1.165, 1.54) is 12.1 Å². The van der Waals surface area contributed by atoms with Crippen LogP contribution < -0.4 is 16.4 Å². The van der Waals surface area contributed by atoms with E-state index in [9.17, 15) is 4.39 Å². The third-order valence-electron chi connectivity index (χ3n) is 4.38. The molecule has 4 N–H and O–H groups in total. The molecule has 0 radical (unpaired) electrons. The van der Waals surface area contributed by atoms with Gasteiger partial charge in [-0.1, -0.05) is 0 Å². The number of nitrogens with zero attached hydrogens (tertiary/aromatic N) is 3. The summed E-state index contributed by atoms with van der Waals surface area (Å²) in [5.41, 5.74) is 8.80. The number of aromatic nitrogens is 3. The molecule has 1 aromatic carbocycles.